The molecule has 1 unspecified atom stereocenters. The number of hydrogen-bond acceptors (Lipinski definition) is 4. The largest absolute Gasteiger partial charge is 0.382 e. The van der Waals surface area contributed by atoms with Gasteiger partial charge in [0.1, 0.15) is 18.2 Å². The Bertz CT molecular complexity index is 691. The number of benzene rings is 2. The Kier molecular flexibility index (Phi) is 5.41. The molecular formula is C17H15N3O2. The van der Waals surface area contributed by atoms with Crippen LogP contribution in [0.2, 0.25) is 0 Å². The summed E-state index contributed by atoms with van der Waals surface area (Å²) in [6.45, 7) is 0. The average molecular weight is 293 g/mol. The van der Waals surface area contributed by atoms with Gasteiger partial charge in [-0.3, -0.25) is 4.79 Å². The maximum absolute atomic E-state index is 11.4. The fraction of sp³-hybridized carbons (Fsp3) is 0.118. The van der Waals surface area contributed by atoms with Gasteiger partial charge in [0.05, 0.1) is 6.07 Å². The van der Waals surface area contributed by atoms with Gasteiger partial charge in [-0.05, 0) is 5.56 Å². The van der Waals surface area contributed by atoms with E-state index in [9.17, 15) is 9.90 Å². The molecule has 0 aliphatic rings. The molecule has 2 N–H and O–H groups in total. The number of aliphatic hydroxyl groups is 1. The predicted molar refractivity (Wildman–Crippen MR) is 82.8 cm³/mol. The van der Waals surface area contributed by atoms with Crippen LogP contribution in [0.15, 0.2) is 65.8 Å². The van der Waals surface area contributed by atoms with Gasteiger partial charge in [0.15, 0.2) is 0 Å². The van der Waals surface area contributed by atoms with Crippen molar-refractivity contribution >= 4 is 11.6 Å². The Morgan fingerprint density at radius 3 is 2.32 bits per heavy atom. The van der Waals surface area contributed by atoms with Crippen molar-refractivity contribution in [3.8, 4) is 6.07 Å². The van der Waals surface area contributed by atoms with Crippen molar-refractivity contribution in [3.05, 3.63) is 71.8 Å². The molecular weight excluding hydrogens is 278 g/mol. The zero-order chi connectivity index (χ0) is 15.8. The second kappa shape index (κ2) is 7.72. The molecule has 1 amide bonds. The van der Waals surface area contributed by atoms with Crippen LogP contribution in [0.5, 0.6) is 0 Å². The van der Waals surface area contributed by atoms with Crippen LogP contribution < -0.4 is 5.43 Å². The standard InChI is InChI=1S/C17H15N3O2/c18-12-11-15(21)19-20-16(13-7-3-1-4-8-13)17(22)14-9-5-2-6-10-14/h1-10,17,22H,11H2,(H,19,21)/b20-16-. The maximum atomic E-state index is 11.4. The molecule has 0 aliphatic carbocycles. The third kappa shape index (κ3) is 4.01. The first-order valence-electron chi connectivity index (χ1n) is 6.74. The summed E-state index contributed by atoms with van der Waals surface area (Å²) in [6.07, 6.45) is -1.27. The molecule has 2 aromatic rings. The molecule has 0 heterocycles. The lowest BCUT2D eigenvalue weighted by atomic mass is 9.99. The number of amides is 1. The molecule has 2 rings (SSSR count). The Balaban J connectivity index is 2.32. The third-order valence-electron chi connectivity index (χ3n) is 2.98. The summed E-state index contributed by atoms with van der Waals surface area (Å²) in [5, 5.41) is 23.0. The van der Waals surface area contributed by atoms with E-state index in [0.29, 0.717) is 16.8 Å². The van der Waals surface area contributed by atoms with Crippen LogP contribution in [0.25, 0.3) is 0 Å². The molecule has 5 nitrogen and oxygen atoms in total. The van der Waals surface area contributed by atoms with Crippen molar-refractivity contribution in [2.45, 2.75) is 12.5 Å². The summed E-state index contributed by atoms with van der Waals surface area (Å²) >= 11 is 0. The first-order valence-corrected chi connectivity index (χ1v) is 6.74. The Labute approximate surface area is 128 Å². The number of carbonyl (C=O) groups is 1. The van der Waals surface area contributed by atoms with Crippen LogP contribution >= 0.6 is 0 Å². The van der Waals surface area contributed by atoms with Crippen molar-refractivity contribution in [1.29, 1.82) is 5.26 Å². The molecule has 22 heavy (non-hydrogen) atoms. The van der Waals surface area contributed by atoms with E-state index in [1.54, 1.807) is 30.3 Å². The van der Waals surface area contributed by atoms with E-state index in [2.05, 4.69) is 10.5 Å². The highest BCUT2D eigenvalue weighted by molar-refractivity contribution is 6.04. The molecule has 0 radical (unpaired) electrons. The Morgan fingerprint density at radius 2 is 1.73 bits per heavy atom. The zero-order valence-electron chi connectivity index (χ0n) is 11.8. The van der Waals surface area contributed by atoms with Crippen molar-refractivity contribution < 1.29 is 9.90 Å². The van der Waals surface area contributed by atoms with Crippen LogP contribution in [-0.4, -0.2) is 16.7 Å². The third-order valence-corrected chi connectivity index (χ3v) is 2.98. The quantitative estimate of drug-likeness (QED) is 0.654. The second-order valence-corrected chi connectivity index (χ2v) is 4.55. The summed E-state index contributed by atoms with van der Waals surface area (Å²) in [4.78, 5) is 11.4. The topological polar surface area (TPSA) is 85.5 Å². The number of nitrogens with zero attached hydrogens (tertiary/aromatic N) is 2. The highest BCUT2D eigenvalue weighted by atomic mass is 16.3. The molecule has 5 heteroatoms. The minimum atomic E-state index is -0.981. The Morgan fingerprint density at radius 1 is 1.14 bits per heavy atom. The molecule has 110 valence electrons. The summed E-state index contributed by atoms with van der Waals surface area (Å²) in [6, 6.07) is 19.9. The van der Waals surface area contributed by atoms with Crippen LogP contribution in [0.3, 0.4) is 0 Å². The number of nitrogens with one attached hydrogen (secondary N) is 1. The summed E-state index contributed by atoms with van der Waals surface area (Å²) < 4.78 is 0. The lowest BCUT2D eigenvalue weighted by Gasteiger charge is -2.14. The van der Waals surface area contributed by atoms with E-state index in [0.717, 1.165) is 0 Å². The van der Waals surface area contributed by atoms with E-state index in [1.807, 2.05) is 36.4 Å². The first kappa shape index (κ1) is 15.4. The van der Waals surface area contributed by atoms with Crippen molar-refractivity contribution in [3.63, 3.8) is 0 Å². The minimum absolute atomic E-state index is 0.285. The summed E-state index contributed by atoms with van der Waals surface area (Å²) in [5.74, 6) is -0.517. The van der Waals surface area contributed by atoms with Crippen LogP contribution in [0.1, 0.15) is 23.7 Å². The lowest BCUT2D eigenvalue weighted by molar-refractivity contribution is -0.120. The first-order chi connectivity index (χ1) is 10.7. The maximum Gasteiger partial charge on any atom is 0.254 e. The number of aliphatic hydroxyl groups excluding tert-OH is 1. The molecule has 0 spiro atoms. The van der Waals surface area contributed by atoms with Gasteiger partial charge in [-0.2, -0.15) is 10.4 Å². The average Bonchev–Trinajstić information content (AvgIpc) is 2.57. The molecule has 2 aromatic carbocycles. The molecule has 1 atom stereocenters. The van der Waals surface area contributed by atoms with E-state index >= 15 is 0 Å². The zero-order valence-corrected chi connectivity index (χ0v) is 11.8. The number of hydrogen-bond donors (Lipinski definition) is 2. The molecule has 0 aliphatic heterocycles. The van der Waals surface area contributed by atoms with E-state index in [-0.39, 0.29) is 6.42 Å². The molecule has 0 aromatic heterocycles. The molecule has 0 fully saturated rings. The lowest BCUT2D eigenvalue weighted by Crippen LogP contribution is -2.22. The highest BCUT2D eigenvalue weighted by Gasteiger charge is 2.17. The van der Waals surface area contributed by atoms with E-state index in [4.69, 9.17) is 5.26 Å². The fourth-order valence-corrected chi connectivity index (χ4v) is 1.92. The second-order valence-electron chi connectivity index (χ2n) is 4.55. The van der Waals surface area contributed by atoms with Crippen molar-refractivity contribution in [1.82, 2.24) is 5.43 Å². The number of nitriles is 1. The molecule has 0 saturated heterocycles. The van der Waals surface area contributed by atoms with E-state index < -0.39 is 12.0 Å². The number of rotatable bonds is 5. The van der Waals surface area contributed by atoms with Gasteiger partial charge in [0, 0.05) is 5.56 Å². The Hall–Kier alpha value is -2.97. The van der Waals surface area contributed by atoms with E-state index in [1.165, 1.54) is 0 Å². The fourth-order valence-electron chi connectivity index (χ4n) is 1.92. The van der Waals surface area contributed by atoms with Crippen molar-refractivity contribution in [2.75, 3.05) is 0 Å². The van der Waals surface area contributed by atoms with Gasteiger partial charge in [-0.25, -0.2) is 5.43 Å². The SMILES string of the molecule is N#CCC(=O)N/N=C(/c1ccccc1)C(O)c1ccccc1. The van der Waals surface area contributed by atoms with Gasteiger partial charge < -0.3 is 5.11 Å². The van der Waals surface area contributed by atoms with Crippen molar-refractivity contribution in [2.24, 2.45) is 5.10 Å². The predicted octanol–water partition coefficient (Wildman–Crippen LogP) is 2.15. The van der Waals surface area contributed by atoms with Gasteiger partial charge >= 0.3 is 0 Å². The number of carbonyl (C=O) groups excluding carboxylic acids is 1. The van der Waals surface area contributed by atoms with Gasteiger partial charge in [-0.15, -0.1) is 0 Å². The van der Waals surface area contributed by atoms with Gasteiger partial charge in [0.25, 0.3) is 5.91 Å². The van der Waals surface area contributed by atoms with Crippen LogP contribution in [0.4, 0.5) is 0 Å². The minimum Gasteiger partial charge on any atom is -0.382 e. The summed E-state index contributed by atoms with van der Waals surface area (Å²) in [5.41, 5.74) is 3.97. The van der Waals surface area contributed by atoms with Crippen LogP contribution in [0, 0.1) is 11.3 Å². The van der Waals surface area contributed by atoms with Gasteiger partial charge in [-0.1, -0.05) is 60.7 Å². The number of hydrazone groups is 1. The highest BCUT2D eigenvalue weighted by Crippen LogP contribution is 2.18. The smallest absolute Gasteiger partial charge is 0.254 e. The van der Waals surface area contributed by atoms with Gasteiger partial charge in [0.2, 0.25) is 0 Å². The molecule has 0 saturated carbocycles. The summed E-state index contributed by atoms with van der Waals surface area (Å²) in [7, 11) is 0. The monoisotopic (exact) mass is 293 g/mol. The van der Waals surface area contributed by atoms with Crippen LogP contribution in [-0.2, 0) is 4.79 Å². The molecule has 0 bridgehead atoms. The normalized spacial score (nSPS) is 12.3.